The number of nitrogens with zero attached hydrogens (tertiary/aromatic N) is 2. The first kappa shape index (κ1) is 16.3. The van der Waals surface area contributed by atoms with E-state index in [9.17, 15) is 9.59 Å². The van der Waals surface area contributed by atoms with Crippen LogP contribution >= 0.6 is 0 Å². The minimum atomic E-state index is -0.641. The average molecular weight is 312 g/mol. The maximum atomic E-state index is 12.0. The molecule has 2 rings (SSSR count). The molecule has 0 bridgehead atoms. The molecule has 0 spiro atoms. The Kier molecular flexibility index (Phi) is 5.15. The summed E-state index contributed by atoms with van der Waals surface area (Å²) in [4.78, 5) is 25.3. The number of carbonyl (C=O) groups excluding carboxylic acids is 2. The number of rotatable bonds is 5. The SMILES string of the molecule is Cc1ccc(CN(C)C(=O)COC(=O)c2cccc(C#N)c2)o1. The van der Waals surface area contributed by atoms with E-state index in [-0.39, 0.29) is 18.1 Å². The van der Waals surface area contributed by atoms with Crippen molar-refractivity contribution in [3.63, 3.8) is 0 Å². The fourth-order valence-electron chi connectivity index (χ4n) is 1.93. The molecule has 0 aliphatic rings. The highest BCUT2D eigenvalue weighted by atomic mass is 16.5. The molecule has 2 aromatic rings. The molecule has 0 saturated heterocycles. The highest BCUT2D eigenvalue weighted by Gasteiger charge is 2.15. The summed E-state index contributed by atoms with van der Waals surface area (Å²) in [5.41, 5.74) is 0.595. The fraction of sp³-hybridized carbons (Fsp3) is 0.235. The predicted octanol–water partition coefficient (Wildman–Crippen LogP) is 2.28. The van der Waals surface area contributed by atoms with Gasteiger partial charge in [0.1, 0.15) is 11.5 Å². The van der Waals surface area contributed by atoms with E-state index in [1.807, 2.05) is 19.1 Å². The molecular formula is C17H16N2O4. The smallest absolute Gasteiger partial charge is 0.338 e. The molecule has 0 unspecified atom stereocenters. The number of carbonyl (C=O) groups is 2. The standard InChI is InChI=1S/C17H16N2O4/c1-12-6-7-15(23-12)10-19(2)16(20)11-22-17(21)14-5-3-4-13(8-14)9-18/h3-8H,10-11H2,1-2H3. The van der Waals surface area contributed by atoms with E-state index in [1.165, 1.54) is 17.0 Å². The first-order chi connectivity index (χ1) is 11.0. The maximum Gasteiger partial charge on any atom is 0.338 e. The van der Waals surface area contributed by atoms with Crippen LogP contribution in [0.25, 0.3) is 0 Å². The number of hydrogen-bond acceptors (Lipinski definition) is 5. The zero-order chi connectivity index (χ0) is 16.8. The van der Waals surface area contributed by atoms with Crippen molar-refractivity contribution in [2.45, 2.75) is 13.5 Å². The molecule has 1 aromatic heterocycles. The lowest BCUT2D eigenvalue weighted by molar-refractivity contribution is -0.134. The zero-order valence-corrected chi connectivity index (χ0v) is 12.9. The highest BCUT2D eigenvalue weighted by Crippen LogP contribution is 2.09. The first-order valence-electron chi connectivity index (χ1n) is 6.96. The summed E-state index contributed by atoms with van der Waals surface area (Å²) in [5.74, 6) is 0.442. The summed E-state index contributed by atoms with van der Waals surface area (Å²) >= 11 is 0. The molecule has 6 heteroatoms. The first-order valence-corrected chi connectivity index (χ1v) is 6.96. The Hall–Kier alpha value is -3.07. The Morgan fingerprint density at radius 3 is 2.74 bits per heavy atom. The van der Waals surface area contributed by atoms with Gasteiger partial charge >= 0.3 is 5.97 Å². The molecule has 1 aromatic carbocycles. The van der Waals surface area contributed by atoms with E-state index in [1.54, 1.807) is 25.2 Å². The molecule has 0 fully saturated rings. The second-order valence-electron chi connectivity index (χ2n) is 5.03. The van der Waals surface area contributed by atoms with E-state index in [0.29, 0.717) is 17.9 Å². The largest absolute Gasteiger partial charge is 0.464 e. The van der Waals surface area contributed by atoms with Crippen molar-refractivity contribution < 1.29 is 18.7 Å². The van der Waals surface area contributed by atoms with Crippen molar-refractivity contribution in [1.29, 1.82) is 5.26 Å². The third kappa shape index (κ3) is 4.45. The normalized spacial score (nSPS) is 9.96. The Balaban J connectivity index is 1.88. The average Bonchev–Trinajstić information content (AvgIpc) is 2.97. The molecular weight excluding hydrogens is 296 g/mol. The van der Waals surface area contributed by atoms with Gasteiger partial charge in [-0.15, -0.1) is 0 Å². The summed E-state index contributed by atoms with van der Waals surface area (Å²) in [5, 5.41) is 8.80. The molecule has 0 aliphatic carbocycles. The van der Waals surface area contributed by atoms with Gasteiger partial charge in [-0.25, -0.2) is 4.79 Å². The van der Waals surface area contributed by atoms with Crippen LogP contribution in [0.2, 0.25) is 0 Å². The fourth-order valence-corrected chi connectivity index (χ4v) is 1.93. The summed E-state index contributed by atoms with van der Waals surface area (Å²) < 4.78 is 10.4. The molecule has 0 N–H and O–H groups in total. The van der Waals surface area contributed by atoms with Gasteiger partial charge in [-0.1, -0.05) is 6.07 Å². The summed E-state index contributed by atoms with van der Waals surface area (Å²) in [6.07, 6.45) is 0. The second-order valence-corrected chi connectivity index (χ2v) is 5.03. The minimum Gasteiger partial charge on any atom is -0.464 e. The predicted molar refractivity (Wildman–Crippen MR) is 81.4 cm³/mol. The minimum absolute atomic E-state index is 0.237. The molecule has 0 saturated carbocycles. The Labute approximate surface area is 133 Å². The Morgan fingerprint density at radius 2 is 2.09 bits per heavy atom. The van der Waals surface area contributed by atoms with E-state index in [4.69, 9.17) is 14.4 Å². The number of hydrogen-bond donors (Lipinski definition) is 0. The molecule has 0 atom stereocenters. The molecule has 23 heavy (non-hydrogen) atoms. The van der Waals surface area contributed by atoms with Gasteiger partial charge in [0.05, 0.1) is 23.7 Å². The van der Waals surface area contributed by atoms with Crippen LogP contribution in [0.4, 0.5) is 0 Å². The molecule has 0 aliphatic heterocycles. The van der Waals surface area contributed by atoms with Crippen molar-refractivity contribution in [1.82, 2.24) is 4.90 Å². The summed E-state index contributed by atoms with van der Waals surface area (Å²) in [7, 11) is 1.60. The third-order valence-electron chi connectivity index (χ3n) is 3.17. The quantitative estimate of drug-likeness (QED) is 0.791. The molecule has 118 valence electrons. The van der Waals surface area contributed by atoms with E-state index < -0.39 is 5.97 Å². The van der Waals surface area contributed by atoms with Crippen LogP contribution in [-0.2, 0) is 16.1 Å². The maximum absolute atomic E-state index is 12.0. The summed E-state index contributed by atoms with van der Waals surface area (Å²) in [6, 6.07) is 11.7. The van der Waals surface area contributed by atoms with Crippen LogP contribution in [0.1, 0.15) is 27.4 Å². The van der Waals surface area contributed by atoms with Crippen molar-refractivity contribution in [2.24, 2.45) is 0 Å². The van der Waals surface area contributed by atoms with Crippen molar-refractivity contribution >= 4 is 11.9 Å². The van der Waals surface area contributed by atoms with Crippen LogP contribution in [0.15, 0.2) is 40.8 Å². The number of aryl methyl sites for hydroxylation is 1. The summed E-state index contributed by atoms with van der Waals surface area (Å²) in [6.45, 7) is 1.75. The lowest BCUT2D eigenvalue weighted by Gasteiger charge is -2.15. The van der Waals surface area contributed by atoms with Gasteiger partial charge in [-0.3, -0.25) is 4.79 Å². The van der Waals surface area contributed by atoms with E-state index >= 15 is 0 Å². The lowest BCUT2D eigenvalue weighted by atomic mass is 10.1. The van der Waals surface area contributed by atoms with Gasteiger partial charge in [-0.2, -0.15) is 5.26 Å². The number of nitriles is 1. The van der Waals surface area contributed by atoms with Gasteiger partial charge < -0.3 is 14.1 Å². The topological polar surface area (TPSA) is 83.5 Å². The van der Waals surface area contributed by atoms with Crippen molar-refractivity contribution in [2.75, 3.05) is 13.7 Å². The lowest BCUT2D eigenvalue weighted by Crippen LogP contribution is -2.30. The number of ether oxygens (including phenoxy) is 1. The molecule has 1 heterocycles. The van der Waals surface area contributed by atoms with Gasteiger partial charge in [-0.05, 0) is 37.3 Å². The van der Waals surface area contributed by atoms with E-state index in [2.05, 4.69) is 0 Å². The third-order valence-corrected chi connectivity index (χ3v) is 3.17. The van der Waals surface area contributed by atoms with Gasteiger partial charge in [0.15, 0.2) is 6.61 Å². The van der Waals surface area contributed by atoms with Crippen LogP contribution in [-0.4, -0.2) is 30.4 Å². The van der Waals surface area contributed by atoms with Crippen LogP contribution in [0, 0.1) is 18.3 Å². The Morgan fingerprint density at radius 1 is 1.30 bits per heavy atom. The monoisotopic (exact) mass is 312 g/mol. The number of likely N-dealkylation sites (N-methyl/N-ethyl adjacent to an activating group) is 1. The van der Waals surface area contributed by atoms with Gasteiger partial charge in [0.25, 0.3) is 5.91 Å². The zero-order valence-electron chi connectivity index (χ0n) is 12.9. The molecule has 1 amide bonds. The van der Waals surface area contributed by atoms with Gasteiger partial charge in [0.2, 0.25) is 0 Å². The molecule has 6 nitrogen and oxygen atoms in total. The van der Waals surface area contributed by atoms with Crippen LogP contribution < -0.4 is 0 Å². The Bertz CT molecular complexity index is 758. The van der Waals surface area contributed by atoms with Crippen molar-refractivity contribution in [3.8, 4) is 6.07 Å². The molecule has 0 radical (unpaired) electrons. The van der Waals surface area contributed by atoms with Gasteiger partial charge in [0, 0.05) is 7.05 Å². The van der Waals surface area contributed by atoms with E-state index in [0.717, 1.165) is 5.76 Å². The van der Waals surface area contributed by atoms with Crippen LogP contribution in [0.5, 0.6) is 0 Å². The highest BCUT2D eigenvalue weighted by molar-refractivity contribution is 5.91. The van der Waals surface area contributed by atoms with Crippen molar-refractivity contribution in [3.05, 3.63) is 59.0 Å². The van der Waals surface area contributed by atoms with Crippen LogP contribution in [0.3, 0.4) is 0 Å². The second kappa shape index (κ2) is 7.27. The number of furan rings is 1. The number of esters is 1. The number of benzene rings is 1. The number of amides is 1.